The van der Waals surface area contributed by atoms with E-state index in [1.807, 2.05) is 0 Å². The van der Waals surface area contributed by atoms with Gasteiger partial charge in [0.25, 0.3) is 0 Å². The summed E-state index contributed by atoms with van der Waals surface area (Å²) in [5, 5.41) is 0. The van der Waals surface area contributed by atoms with Gasteiger partial charge < -0.3 is 4.74 Å². The van der Waals surface area contributed by atoms with Crippen LogP contribution in [-0.2, 0) is 9.53 Å². The maximum atomic E-state index is 11.3. The fourth-order valence-corrected chi connectivity index (χ4v) is 1.68. The Bertz CT molecular complexity index is 192. The molecule has 0 saturated heterocycles. The van der Waals surface area contributed by atoms with E-state index in [0.717, 1.165) is 25.7 Å². The Morgan fingerprint density at radius 3 is 2.24 bits per heavy atom. The lowest BCUT2D eigenvalue weighted by Gasteiger charge is -2.17. The minimum absolute atomic E-state index is 0.0192. The summed E-state index contributed by atoms with van der Waals surface area (Å²) in [7, 11) is 0. The second kappa shape index (κ2) is 9.49. The van der Waals surface area contributed by atoms with Gasteiger partial charge in [0.2, 0.25) is 0 Å². The van der Waals surface area contributed by atoms with Crippen LogP contribution in [0.5, 0.6) is 0 Å². The quantitative estimate of drug-likeness (QED) is 0.432. The van der Waals surface area contributed by atoms with E-state index in [9.17, 15) is 4.79 Å². The van der Waals surface area contributed by atoms with Crippen molar-refractivity contribution >= 4 is 5.97 Å². The van der Waals surface area contributed by atoms with Crippen molar-refractivity contribution in [3.8, 4) is 0 Å². The van der Waals surface area contributed by atoms with Crippen molar-refractivity contribution in [3.63, 3.8) is 0 Å². The Morgan fingerprint density at radius 2 is 1.65 bits per heavy atom. The molecule has 0 aromatic rings. The Balaban J connectivity index is 3.25. The second-order valence-electron chi connectivity index (χ2n) is 6.05. The van der Waals surface area contributed by atoms with Crippen molar-refractivity contribution in [3.05, 3.63) is 0 Å². The fraction of sp³-hybridized carbons (Fsp3) is 0.933. The molecule has 17 heavy (non-hydrogen) atoms. The van der Waals surface area contributed by atoms with Crippen LogP contribution in [0.1, 0.15) is 79.1 Å². The van der Waals surface area contributed by atoms with E-state index in [0.29, 0.717) is 18.4 Å². The highest BCUT2D eigenvalue weighted by Gasteiger charge is 2.09. The third-order valence-electron chi connectivity index (χ3n) is 2.82. The summed E-state index contributed by atoms with van der Waals surface area (Å²) in [5.41, 5.74) is 0.444. The van der Waals surface area contributed by atoms with Crippen molar-refractivity contribution in [2.75, 3.05) is 6.61 Å². The predicted molar refractivity (Wildman–Crippen MR) is 73.0 cm³/mol. The molecule has 0 bridgehead atoms. The monoisotopic (exact) mass is 242 g/mol. The Kier molecular flexibility index (Phi) is 9.20. The standard InChI is InChI=1S/C15H30O2/c1-5-6-13-17-14(16)11-9-7-8-10-12-15(2,3)4/h5-13H2,1-4H3. The van der Waals surface area contributed by atoms with Gasteiger partial charge in [-0.1, -0.05) is 53.4 Å². The number of unbranched alkanes of at least 4 members (excludes halogenated alkanes) is 4. The molecule has 0 aliphatic rings. The molecule has 0 spiro atoms. The molecule has 0 unspecified atom stereocenters. The zero-order valence-electron chi connectivity index (χ0n) is 12.2. The molecular formula is C15H30O2. The van der Waals surface area contributed by atoms with Gasteiger partial charge in [-0.2, -0.15) is 0 Å². The highest BCUT2D eigenvalue weighted by atomic mass is 16.5. The van der Waals surface area contributed by atoms with E-state index in [1.165, 1.54) is 19.3 Å². The van der Waals surface area contributed by atoms with Crippen LogP contribution >= 0.6 is 0 Å². The number of ether oxygens (including phenoxy) is 1. The average Bonchev–Trinajstić information content (AvgIpc) is 2.22. The predicted octanol–water partition coefficient (Wildman–Crippen LogP) is 4.72. The van der Waals surface area contributed by atoms with Gasteiger partial charge in [0.05, 0.1) is 6.61 Å². The van der Waals surface area contributed by atoms with Crippen molar-refractivity contribution in [2.24, 2.45) is 5.41 Å². The van der Waals surface area contributed by atoms with E-state index < -0.39 is 0 Å². The third-order valence-corrected chi connectivity index (χ3v) is 2.82. The van der Waals surface area contributed by atoms with Gasteiger partial charge in [-0.3, -0.25) is 4.79 Å². The molecule has 0 fully saturated rings. The Morgan fingerprint density at radius 1 is 1.00 bits per heavy atom. The summed E-state index contributed by atoms with van der Waals surface area (Å²) in [6.45, 7) is 9.52. The number of hydrogen-bond acceptors (Lipinski definition) is 2. The first-order chi connectivity index (χ1) is 7.95. The van der Waals surface area contributed by atoms with Crippen LogP contribution in [0.15, 0.2) is 0 Å². The molecular weight excluding hydrogens is 212 g/mol. The molecule has 0 aromatic carbocycles. The highest BCUT2D eigenvalue weighted by molar-refractivity contribution is 5.69. The van der Waals surface area contributed by atoms with E-state index in [1.54, 1.807) is 0 Å². The molecule has 2 nitrogen and oxygen atoms in total. The Hall–Kier alpha value is -0.530. The van der Waals surface area contributed by atoms with Crippen molar-refractivity contribution < 1.29 is 9.53 Å². The molecule has 2 heteroatoms. The number of hydrogen-bond donors (Lipinski definition) is 0. The zero-order valence-corrected chi connectivity index (χ0v) is 12.2. The van der Waals surface area contributed by atoms with Crippen molar-refractivity contribution in [2.45, 2.75) is 79.1 Å². The van der Waals surface area contributed by atoms with Crippen LogP contribution in [0, 0.1) is 5.41 Å². The lowest BCUT2D eigenvalue weighted by atomic mass is 9.89. The van der Waals surface area contributed by atoms with Gasteiger partial charge in [0, 0.05) is 6.42 Å². The second-order valence-corrected chi connectivity index (χ2v) is 6.05. The number of carbonyl (C=O) groups excluding carboxylic acids is 1. The third kappa shape index (κ3) is 13.4. The fourth-order valence-electron chi connectivity index (χ4n) is 1.68. The smallest absolute Gasteiger partial charge is 0.305 e. The molecule has 102 valence electrons. The van der Waals surface area contributed by atoms with Gasteiger partial charge in [0.15, 0.2) is 0 Å². The molecule has 0 aliphatic heterocycles. The molecule has 0 radical (unpaired) electrons. The van der Waals surface area contributed by atoms with Crippen LogP contribution in [0.4, 0.5) is 0 Å². The normalized spacial score (nSPS) is 11.5. The average molecular weight is 242 g/mol. The number of esters is 1. The summed E-state index contributed by atoms with van der Waals surface area (Å²) < 4.78 is 5.10. The topological polar surface area (TPSA) is 26.3 Å². The highest BCUT2D eigenvalue weighted by Crippen LogP contribution is 2.22. The van der Waals surface area contributed by atoms with Gasteiger partial charge in [-0.05, 0) is 24.7 Å². The van der Waals surface area contributed by atoms with Crippen molar-refractivity contribution in [1.82, 2.24) is 0 Å². The van der Waals surface area contributed by atoms with E-state index in [4.69, 9.17) is 4.74 Å². The molecule has 0 rings (SSSR count). The first kappa shape index (κ1) is 16.5. The summed E-state index contributed by atoms with van der Waals surface area (Å²) in [6, 6.07) is 0. The molecule has 0 saturated carbocycles. The lowest BCUT2D eigenvalue weighted by Crippen LogP contribution is -2.06. The van der Waals surface area contributed by atoms with E-state index in [-0.39, 0.29) is 5.97 Å². The maximum Gasteiger partial charge on any atom is 0.305 e. The molecule has 0 aromatic heterocycles. The first-order valence-corrected chi connectivity index (χ1v) is 7.11. The summed E-state index contributed by atoms with van der Waals surface area (Å²) in [4.78, 5) is 11.3. The first-order valence-electron chi connectivity index (χ1n) is 7.11. The summed E-state index contributed by atoms with van der Waals surface area (Å²) in [6.07, 6.45) is 8.58. The molecule has 0 N–H and O–H groups in total. The van der Waals surface area contributed by atoms with Gasteiger partial charge in [-0.25, -0.2) is 0 Å². The maximum absolute atomic E-state index is 11.3. The van der Waals surface area contributed by atoms with Gasteiger partial charge in [-0.15, -0.1) is 0 Å². The molecule has 0 heterocycles. The molecule has 0 aliphatic carbocycles. The van der Waals surface area contributed by atoms with Crippen LogP contribution in [-0.4, -0.2) is 12.6 Å². The summed E-state index contributed by atoms with van der Waals surface area (Å²) >= 11 is 0. The number of rotatable bonds is 9. The van der Waals surface area contributed by atoms with Crippen LogP contribution < -0.4 is 0 Å². The minimum atomic E-state index is -0.0192. The minimum Gasteiger partial charge on any atom is -0.466 e. The lowest BCUT2D eigenvalue weighted by molar-refractivity contribution is -0.143. The van der Waals surface area contributed by atoms with E-state index >= 15 is 0 Å². The van der Waals surface area contributed by atoms with Crippen LogP contribution in [0.2, 0.25) is 0 Å². The Labute approximate surface area is 107 Å². The van der Waals surface area contributed by atoms with Crippen LogP contribution in [0.3, 0.4) is 0 Å². The number of carbonyl (C=O) groups is 1. The zero-order chi connectivity index (χ0) is 13.1. The largest absolute Gasteiger partial charge is 0.466 e. The molecule has 0 atom stereocenters. The summed E-state index contributed by atoms with van der Waals surface area (Å²) in [5.74, 6) is -0.0192. The molecule has 0 amide bonds. The van der Waals surface area contributed by atoms with Crippen molar-refractivity contribution in [1.29, 1.82) is 0 Å². The SMILES string of the molecule is CCCCOC(=O)CCCCCCC(C)(C)C. The van der Waals surface area contributed by atoms with E-state index in [2.05, 4.69) is 27.7 Å². The van der Waals surface area contributed by atoms with Gasteiger partial charge >= 0.3 is 5.97 Å². The van der Waals surface area contributed by atoms with Gasteiger partial charge in [0.1, 0.15) is 0 Å². The van der Waals surface area contributed by atoms with Crippen LogP contribution in [0.25, 0.3) is 0 Å².